The van der Waals surface area contributed by atoms with E-state index in [4.69, 9.17) is 4.74 Å². The van der Waals surface area contributed by atoms with Crippen molar-refractivity contribution < 1.29 is 9.53 Å². The third-order valence-electron chi connectivity index (χ3n) is 8.02. The summed E-state index contributed by atoms with van der Waals surface area (Å²) in [5.74, 6) is 1.08. The first-order valence-electron chi connectivity index (χ1n) is 14.1. The molecule has 0 radical (unpaired) electrons. The minimum atomic E-state index is -0.324. The van der Waals surface area contributed by atoms with Gasteiger partial charge < -0.3 is 15.4 Å². The van der Waals surface area contributed by atoms with Crippen molar-refractivity contribution in [1.82, 2.24) is 0 Å². The Morgan fingerprint density at radius 2 is 1.45 bits per heavy atom. The zero-order valence-corrected chi connectivity index (χ0v) is 23.4. The number of benzene rings is 4. The van der Waals surface area contributed by atoms with Crippen LogP contribution in [0, 0.1) is 0 Å². The van der Waals surface area contributed by atoms with Gasteiger partial charge in [0.2, 0.25) is 0 Å². The molecule has 4 aromatic carbocycles. The highest BCUT2D eigenvalue weighted by Gasteiger charge is 2.37. The highest BCUT2D eigenvalue weighted by atomic mass is 16.5. The van der Waals surface area contributed by atoms with Crippen LogP contribution in [-0.2, 0) is 16.8 Å². The Kier molecular flexibility index (Phi) is 6.93. The molecular formula is C36H36N2O2. The minimum Gasteiger partial charge on any atom is -0.489 e. The van der Waals surface area contributed by atoms with E-state index in [9.17, 15) is 4.79 Å². The van der Waals surface area contributed by atoms with Gasteiger partial charge >= 0.3 is 0 Å². The van der Waals surface area contributed by atoms with Crippen LogP contribution in [0.3, 0.4) is 0 Å². The first kappa shape index (κ1) is 25.9. The van der Waals surface area contributed by atoms with E-state index in [1.54, 1.807) is 0 Å². The van der Waals surface area contributed by atoms with E-state index in [0.29, 0.717) is 13.0 Å². The average Bonchev–Trinajstić information content (AvgIpc) is 3.13. The summed E-state index contributed by atoms with van der Waals surface area (Å²) in [7, 11) is 0. The quantitative estimate of drug-likeness (QED) is 0.272. The molecule has 1 aliphatic carbocycles. The molecule has 0 spiro atoms. The molecule has 1 aliphatic heterocycles. The van der Waals surface area contributed by atoms with Crippen LogP contribution in [0.1, 0.15) is 67.8 Å². The smallest absolute Gasteiger partial charge is 0.163 e. The summed E-state index contributed by atoms with van der Waals surface area (Å²) in [6.07, 6.45) is 1.26. The lowest BCUT2D eigenvalue weighted by Gasteiger charge is -2.31. The maximum absolute atomic E-state index is 14.0. The van der Waals surface area contributed by atoms with Crippen LogP contribution in [-0.4, -0.2) is 5.78 Å². The Balaban J connectivity index is 1.37. The number of carbonyl (C=O) groups excluding carboxylic acids is 1. The zero-order chi connectivity index (χ0) is 27.7. The van der Waals surface area contributed by atoms with Crippen molar-refractivity contribution in [2.24, 2.45) is 0 Å². The van der Waals surface area contributed by atoms with Crippen LogP contribution in [0.5, 0.6) is 5.75 Å². The van der Waals surface area contributed by atoms with Gasteiger partial charge in [0.1, 0.15) is 12.4 Å². The summed E-state index contributed by atoms with van der Waals surface area (Å²) >= 11 is 0. The number of carbonyl (C=O) groups is 1. The van der Waals surface area contributed by atoms with Crippen molar-refractivity contribution in [3.8, 4) is 5.75 Å². The Bertz CT molecular complexity index is 1550. The Morgan fingerprint density at radius 3 is 2.20 bits per heavy atom. The summed E-state index contributed by atoms with van der Waals surface area (Å²) in [4.78, 5) is 14.0. The van der Waals surface area contributed by atoms with Crippen LogP contribution in [0.2, 0.25) is 0 Å². The molecule has 2 aliphatic rings. The van der Waals surface area contributed by atoms with Gasteiger partial charge in [0.15, 0.2) is 5.78 Å². The number of para-hydroxylation sites is 3. The van der Waals surface area contributed by atoms with Crippen LogP contribution in [0.25, 0.3) is 0 Å². The molecule has 0 saturated carbocycles. The molecule has 4 aromatic rings. The first-order valence-corrected chi connectivity index (χ1v) is 14.1. The van der Waals surface area contributed by atoms with Crippen LogP contribution >= 0.6 is 0 Å². The largest absolute Gasteiger partial charge is 0.489 e. The molecule has 4 nitrogen and oxygen atoms in total. The lowest BCUT2D eigenvalue weighted by Crippen LogP contribution is -2.27. The van der Waals surface area contributed by atoms with Gasteiger partial charge in [-0.2, -0.15) is 0 Å². The third kappa shape index (κ3) is 5.27. The second-order valence-corrected chi connectivity index (χ2v) is 11.9. The van der Waals surface area contributed by atoms with Gasteiger partial charge in [0.25, 0.3) is 0 Å². The normalized spacial score (nSPS) is 18.6. The number of allylic oxidation sites excluding steroid dienone is 1. The molecule has 2 N–H and O–H groups in total. The van der Waals surface area contributed by atoms with E-state index in [0.717, 1.165) is 45.9 Å². The van der Waals surface area contributed by atoms with Gasteiger partial charge in [-0.15, -0.1) is 0 Å². The number of rotatable bonds is 5. The number of anilines is 2. The summed E-state index contributed by atoms with van der Waals surface area (Å²) in [5, 5.41) is 7.36. The van der Waals surface area contributed by atoms with Gasteiger partial charge in [-0.1, -0.05) is 106 Å². The summed E-state index contributed by atoms with van der Waals surface area (Å²) in [6.45, 7) is 7.14. The number of nitrogens with one attached hydrogen (secondary N) is 2. The molecule has 0 bridgehead atoms. The number of ketones is 1. The number of hydrogen-bond acceptors (Lipinski definition) is 4. The average molecular weight is 529 g/mol. The van der Waals surface area contributed by atoms with Crippen molar-refractivity contribution in [3.63, 3.8) is 0 Å². The standard InChI is InChI=1S/C36H36N2O2/c1-36(2,3)27-19-17-25(18-20-27)26-21-31-34(32(39)22-26)35(38-30-15-9-8-14-29(30)37-31)28-13-7-10-16-33(28)40-23-24-11-5-4-6-12-24/h4-20,26,35,37-38H,21-23H2,1-3H3. The molecule has 0 fully saturated rings. The van der Waals surface area contributed by atoms with Crippen molar-refractivity contribution >= 4 is 17.2 Å². The Hall–Kier alpha value is -4.31. The molecule has 40 heavy (non-hydrogen) atoms. The molecule has 6 rings (SSSR count). The molecule has 202 valence electrons. The van der Waals surface area contributed by atoms with E-state index < -0.39 is 0 Å². The molecule has 0 saturated heterocycles. The van der Waals surface area contributed by atoms with Gasteiger partial charge in [-0.05, 0) is 52.6 Å². The maximum Gasteiger partial charge on any atom is 0.163 e. The highest BCUT2D eigenvalue weighted by molar-refractivity contribution is 6.01. The predicted molar refractivity (Wildman–Crippen MR) is 163 cm³/mol. The summed E-state index contributed by atoms with van der Waals surface area (Å²) < 4.78 is 6.35. The lowest BCUT2D eigenvalue weighted by molar-refractivity contribution is -0.116. The Morgan fingerprint density at radius 1 is 0.775 bits per heavy atom. The number of fused-ring (bicyclic) bond motifs is 1. The fraction of sp³-hybridized carbons (Fsp3) is 0.250. The van der Waals surface area contributed by atoms with Gasteiger partial charge in [0, 0.05) is 23.3 Å². The zero-order valence-electron chi connectivity index (χ0n) is 23.4. The van der Waals surface area contributed by atoms with Crippen molar-refractivity contribution in [1.29, 1.82) is 0 Å². The highest BCUT2D eigenvalue weighted by Crippen LogP contribution is 2.46. The predicted octanol–water partition coefficient (Wildman–Crippen LogP) is 8.54. The molecular weight excluding hydrogens is 492 g/mol. The molecule has 0 aromatic heterocycles. The number of Topliss-reactive ketones (excluding diaryl/α,β-unsaturated/α-hetero) is 1. The topological polar surface area (TPSA) is 50.4 Å². The van der Waals surface area contributed by atoms with E-state index in [2.05, 4.69) is 86.0 Å². The van der Waals surface area contributed by atoms with E-state index in [1.165, 1.54) is 11.1 Å². The van der Waals surface area contributed by atoms with E-state index in [-0.39, 0.29) is 23.2 Å². The SMILES string of the molecule is CC(C)(C)c1ccc(C2CC(=O)C3=C(C2)Nc2ccccc2NC3c2ccccc2OCc2ccccc2)cc1. The van der Waals surface area contributed by atoms with E-state index in [1.807, 2.05) is 48.5 Å². The minimum absolute atomic E-state index is 0.0953. The van der Waals surface area contributed by atoms with Crippen LogP contribution < -0.4 is 15.4 Å². The monoisotopic (exact) mass is 528 g/mol. The number of ether oxygens (including phenoxy) is 1. The molecule has 4 heteroatoms. The second kappa shape index (κ2) is 10.7. The summed E-state index contributed by atoms with van der Waals surface area (Å²) in [5.41, 5.74) is 8.42. The van der Waals surface area contributed by atoms with Gasteiger partial charge in [0.05, 0.1) is 17.4 Å². The third-order valence-corrected chi connectivity index (χ3v) is 8.02. The first-order chi connectivity index (χ1) is 19.4. The van der Waals surface area contributed by atoms with Crippen molar-refractivity contribution in [2.45, 2.75) is 57.6 Å². The van der Waals surface area contributed by atoms with Crippen LogP contribution in [0.4, 0.5) is 11.4 Å². The molecule has 0 amide bonds. The van der Waals surface area contributed by atoms with Crippen molar-refractivity contribution in [3.05, 3.63) is 137 Å². The van der Waals surface area contributed by atoms with Gasteiger partial charge in [-0.25, -0.2) is 0 Å². The van der Waals surface area contributed by atoms with E-state index >= 15 is 0 Å². The Labute approximate surface area is 237 Å². The molecule has 2 atom stereocenters. The molecule has 1 heterocycles. The number of hydrogen-bond donors (Lipinski definition) is 2. The summed E-state index contributed by atoms with van der Waals surface area (Å²) in [6, 6.07) is 34.9. The van der Waals surface area contributed by atoms with Crippen molar-refractivity contribution in [2.75, 3.05) is 10.6 Å². The van der Waals surface area contributed by atoms with Gasteiger partial charge in [-0.3, -0.25) is 4.79 Å². The molecule has 2 unspecified atom stereocenters. The van der Waals surface area contributed by atoms with Crippen LogP contribution in [0.15, 0.2) is 114 Å². The fourth-order valence-electron chi connectivity index (χ4n) is 5.80. The maximum atomic E-state index is 14.0. The fourth-order valence-corrected chi connectivity index (χ4v) is 5.80. The second-order valence-electron chi connectivity index (χ2n) is 11.9. The lowest BCUT2D eigenvalue weighted by atomic mass is 9.77.